The van der Waals surface area contributed by atoms with E-state index in [9.17, 15) is 14.7 Å². The molecule has 7 nitrogen and oxygen atoms in total. The lowest BCUT2D eigenvalue weighted by molar-refractivity contribution is -0.146. The lowest BCUT2D eigenvalue weighted by Gasteiger charge is -2.23. The summed E-state index contributed by atoms with van der Waals surface area (Å²) in [4.78, 5) is 23.8. The van der Waals surface area contributed by atoms with Crippen LogP contribution in [0.4, 0.5) is 10.5 Å². The number of aliphatic hydroxyl groups is 1. The minimum atomic E-state index is -1.65. The van der Waals surface area contributed by atoms with Gasteiger partial charge in [0.05, 0.1) is 12.2 Å². The molecule has 0 bridgehead atoms. The van der Waals surface area contributed by atoms with Gasteiger partial charge in [-0.3, -0.25) is 4.90 Å². The van der Waals surface area contributed by atoms with E-state index in [1.54, 1.807) is 19.9 Å². The third kappa shape index (κ3) is 3.86. The number of carboxylic acid groups (broad SMARTS) is 1. The quantitative estimate of drug-likeness (QED) is 0.635. The van der Waals surface area contributed by atoms with Crippen LogP contribution in [-0.2, 0) is 4.79 Å². The van der Waals surface area contributed by atoms with Crippen molar-refractivity contribution in [3.8, 4) is 5.75 Å². The SMILES string of the molecule is CCN(C(=O)NCC(O)C(=O)O)c1cc(O)ccc1C. The van der Waals surface area contributed by atoms with Gasteiger partial charge in [0.25, 0.3) is 0 Å². The predicted octanol–water partition coefficient (Wildman–Crippen LogP) is 0.682. The van der Waals surface area contributed by atoms with Crippen LogP contribution in [0.3, 0.4) is 0 Å². The van der Waals surface area contributed by atoms with Crippen molar-refractivity contribution >= 4 is 17.7 Å². The molecule has 0 aromatic heterocycles. The van der Waals surface area contributed by atoms with Crippen molar-refractivity contribution < 1.29 is 24.9 Å². The van der Waals surface area contributed by atoms with Gasteiger partial charge in [-0.15, -0.1) is 0 Å². The Hall–Kier alpha value is -2.28. The summed E-state index contributed by atoms with van der Waals surface area (Å²) < 4.78 is 0. The Morgan fingerprint density at radius 2 is 2.05 bits per heavy atom. The van der Waals surface area contributed by atoms with Gasteiger partial charge in [0.15, 0.2) is 6.10 Å². The van der Waals surface area contributed by atoms with Crippen molar-refractivity contribution in [2.75, 3.05) is 18.0 Å². The molecule has 1 aromatic rings. The maximum absolute atomic E-state index is 12.0. The molecule has 0 heterocycles. The van der Waals surface area contributed by atoms with Gasteiger partial charge in [0.1, 0.15) is 5.75 Å². The fraction of sp³-hybridized carbons (Fsp3) is 0.385. The highest BCUT2D eigenvalue weighted by Gasteiger charge is 2.19. The number of rotatable bonds is 5. The lowest BCUT2D eigenvalue weighted by Crippen LogP contribution is -2.44. The van der Waals surface area contributed by atoms with Crippen LogP contribution >= 0.6 is 0 Å². The van der Waals surface area contributed by atoms with Gasteiger partial charge in [-0.1, -0.05) is 6.07 Å². The molecule has 4 N–H and O–H groups in total. The topological polar surface area (TPSA) is 110 Å². The minimum Gasteiger partial charge on any atom is -0.508 e. The monoisotopic (exact) mass is 282 g/mol. The maximum Gasteiger partial charge on any atom is 0.334 e. The molecule has 1 atom stereocenters. The summed E-state index contributed by atoms with van der Waals surface area (Å²) in [7, 11) is 0. The predicted molar refractivity (Wildman–Crippen MR) is 72.9 cm³/mol. The van der Waals surface area contributed by atoms with Crippen molar-refractivity contribution in [3.05, 3.63) is 23.8 Å². The number of amides is 2. The zero-order valence-electron chi connectivity index (χ0n) is 11.3. The fourth-order valence-electron chi connectivity index (χ4n) is 1.68. The van der Waals surface area contributed by atoms with Gasteiger partial charge in [-0.05, 0) is 25.5 Å². The first-order chi connectivity index (χ1) is 9.36. The fourth-order valence-corrected chi connectivity index (χ4v) is 1.68. The van der Waals surface area contributed by atoms with Crippen LogP contribution in [0.2, 0.25) is 0 Å². The number of aliphatic carboxylic acids is 1. The number of aryl methyl sites for hydroxylation is 1. The normalized spacial score (nSPS) is 11.8. The molecule has 0 aliphatic carbocycles. The molecule has 1 unspecified atom stereocenters. The molecule has 0 aliphatic rings. The summed E-state index contributed by atoms with van der Waals surface area (Å²) in [5, 5.41) is 29.5. The Labute approximate surface area is 116 Å². The maximum atomic E-state index is 12.0. The Balaban J connectivity index is 2.82. The van der Waals surface area contributed by atoms with Crippen LogP contribution in [0.25, 0.3) is 0 Å². The number of carbonyl (C=O) groups excluding carboxylic acids is 1. The Kier molecular flexibility index (Phi) is 5.33. The van der Waals surface area contributed by atoms with Crippen molar-refractivity contribution in [2.24, 2.45) is 0 Å². The van der Waals surface area contributed by atoms with Crippen LogP contribution in [0.15, 0.2) is 18.2 Å². The second-order valence-corrected chi connectivity index (χ2v) is 4.26. The first-order valence-corrected chi connectivity index (χ1v) is 6.12. The van der Waals surface area contributed by atoms with Gasteiger partial charge in [-0.2, -0.15) is 0 Å². The van der Waals surface area contributed by atoms with Crippen molar-refractivity contribution in [1.82, 2.24) is 5.32 Å². The van der Waals surface area contributed by atoms with E-state index in [4.69, 9.17) is 10.2 Å². The number of carboxylic acids is 1. The Bertz CT molecular complexity index is 504. The van der Waals surface area contributed by atoms with Crippen LogP contribution in [0.5, 0.6) is 5.75 Å². The third-order valence-electron chi connectivity index (χ3n) is 2.78. The number of benzene rings is 1. The van der Waals surface area contributed by atoms with Crippen LogP contribution < -0.4 is 10.2 Å². The Morgan fingerprint density at radius 1 is 1.40 bits per heavy atom. The van der Waals surface area contributed by atoms with Gasteiger partial charge in [-0.25, -0.2) is 9.59 Å². The third-order valence-corrected chi connectivity index (χ3v) is 2.78. The average molecular weight is 282 g/mol. The number of nitrogens with zero attached hydrogens (tertiary/aromatic N) is 1. The van der Waals surface area contributed by atoms with Crippen LogP contribution in [-0.4, -0.2) is 46.5 Å². The number of aromatic hydroxyl groups is 1. The summed E-state index contributed by atoms with van der Waals surface area (Å²) >= 11 is 0. The lowest BCUT2D eigenvalue weighted by atomic mass is 10.1. The molecule has 20 heavy (non-hydrogen) atoms. The van der Waals surface area contributed by atoms with E-state index in [0.717, 1.165) is 5.56 Å². The second kappa shape index (κ2) is 6.76. The smallest absolute Gasteiger partial charge is 0.334 e. The van der Waals surface area contributed by atoms with E-state index < -0.39 is 18.1 Å². The Morgan fingerprint density at radius 3 is 2.60 bits per heavy atom. The molecule has 0 radical (unpaired) electrons. The van der Waals surface area contributed by atoms with Gasteiger partial charge >= 0.3 is 12.0 Å². The molecule has 0 spiro atoms. The summed E-state index contributed by atoms with van der Waals surface area (Å²) in [6, 6.07) is 4.10. The molecule has 0 aliphatic heterocycles. The first kappa shape index (κ1) is 15.8. The van der Waals surface area contributed by atoms with E-state index in [1.807, 2.05) is 0 Å². The highest BCUT2D eigenvalue weighted by molar-refractivity contribution is 5.93. The van der Waals surface area contributed by atoms with Crippen molar-refractivity contribution in [3.63, 3.8) is 0 Å². The number of phenolic OH excluding ortho intramolecular Hbond substituents is 1. The summed E-state index contributed by atoms with van der Waals surface area (Å²) in [6.45, 7) is 3.48. The number of urea groups is 1. The molecule has 0 fully saturated rings. The molecular formula is C13H18N2O5. The number of hydrogen-bond donors (Lipinski definition) is 4. The molecule has 2 amide bonds. The van der Waals surface area contributed by atoms with Crippen molar-refractivity contribution in [2.45, 2.75) is 20.0 Å². The molecule has 0 saturated carbocycles. The zero-order valence-corrected chi connectivity index (χ0v) is 11.3. The molecule has 7 heteroatoms. The first-order valence-electron chi connectivity index (χ1n) is 6.12. The van der Waals surface area contributed by atoms with Gasteiger partial charge in [0.2, 0.25) is 0 Å². The van der Waals surface area contributed by atoms with E-state index >= 15 is 0 Å². The van der Waals surface area contributed by atoms with E-state index in [2.05, 4.69) is 5.32 Å². The highest BCUT2D eigenvalue weighted by atomic mass is 16.4. The number of hydrogen-bond acceptors (Lipinski definition) is 4. The average Bonchev–Trinajstić information content (AvgIpc) is 2.40. The summed E-state index contributed by atoms with van der Waals surface area (Å²) in [5.74, 6) is -1.37. The molecule has 1 aromatic carbocycles. The number of carbonyl (C=O) groups is 2. The second-order valence-electron chi connectivity index (χ2n) is 4.26. The number of nitrogens with one attached hydrogen (secondary N) is 1. The van der Waals surface area contributed by atoms with E-state index in [0.29, 0.717) is 12.2 Å². The summed E-state index contributed by atoms with van der Waals surface area (Å²) in [5.41, 5.74) is 1.31. The standard InChI is InChI=1S/C13H18N2O5/c1-3-15(10-6-9(16)5-4-8(10)2)13(20)14-7-11(17)12(18)19/h4-6,11,16-17H,3,7H2,1-2H3,(H,14,20)(H,18,19). The molecular weight excluding hydrogens is 264 g/mol. The number of anilines is 1. The van der Waals surface area contributed by atoms with Crippen LogP contribution in [0.1, 0.15) is 12.5 Å². The van der Waals surface area contributed by atoms with E-state index in [1.165, 1.54) is 17.0 Å². The number of phenols is 1. The van der Waals surface area contributed by atoms with Crippen molar-refractivity contribution in [1.29, 1.82) is 0 Å². The number of aliphatic hydroxyl groups excluding tert-OH is 1. The van der Waals surface area contributed by atoms with Crippen LogP contribution in [0, 0.1) is 6.92 Å². The minimum absolute atomic E-state index is 0.0300. The molecule has 110 valence electrons. The van der Waals surface area contributed by atoms with Gasteiger partial charge < -0.3 is 20.6 Å². The van der Waals surface area contributed by atoms with E-state index in [-0.39, 0.29) is 12.3 Å². The molecule has 1 rings (SSSR count). The largest absolute Gasteiger partial charge is 0.508 e. The highest BCUT2D eigenvalue weighted by Crippen LogP contribution is 2.24. The summed E-state index contributed by atoms with van der Waals surface area (Å²) in [6.07, 6.45) is -1.65. The zero-order chi connectivity index (χ0) is 15.3. The molecule has 0 saturated heterocycles. The van der Waals surface area contributed by atoms with Gasteiger partial charge in [0, 0.05) is 12.6 Å².